The van der Waals surface area contributed by atoms with Gasteiger partial charge in [0, 0.05) is 4.47 Å². The van der Waals surface area contributed by atoms with E-state index in [2.05, 4.69) is 20.7 Å². The highest BCUT2D eigenvalue weighted by Crippen LogP contribution is 2.50. The first kappa shape index (κ1) is 24.6. The summed E-state index contributed by atoms with van der Waals surface area (Å²) in [5, 5.41) is 3.65. The lowest BCUT2D eigenvalue weighted by atomic mass is 9.80. The van der Waals surface area contributed by atoms with Crippen LogP contribution < -0.4 is 5.06 Å². The number of carbonyl (C=O) groups is 2. The monoisotopic (exact) mass is 555 g/mol. The number of halogens is 1. The van der Waals surface area contributed by atoms with Crippen molar-refractivity contribution < 1.29 is 24.0 Å². The van der Waals surface area contributed by atoms with E-state index in [0.29, 0.717) is 0 Å². The molecule has 0 amide bonds. The van der Waals surface area contributed by atoms with Gasteiger partial charge in [0.1, 0.15) is 6.10 Å². The van der Waals surface area contributed by atoms with Crippen LogP contribution in [0.4, 0.5) is 5.69 Å². The fourth-order valence-electron chi connectivity index (χ4n) is 4.84. The quantitative estimate of drug-likeness (QED) is 0.0975. The van der Waals surface area contributed by atoms with Crippen LogP contribution in [0.5, 0.6) is 0 Å². The van der Waals surface area contributed by atoms with Gasteiger partial charge < -0.3 is 10.3 Å². The van der Waals surface area contributed by atoms with E-state index < -0.39 is 35.5 Å². The number of esters is 1. The molecule has 184 valence electrons. The maximum atomic E-state index is 14.0. The lowest BCUT2D eigenvalue weighted by molar-refractivity contribution is -0.140. The third kappa shape index (κ3) is 4.58. The number of anilines is 1. The number of hydrogen-bond donors (Lipinski definition) is 0. The third-order valence-corrected chi connectivity index (χ3v) is 7.04. The molecule has 0 bridgehead atoms. The fourth-order valence-corrected chi connectivity index (χ4v) is 5.10. The molecule has 4 aromatic carbocycles. The fraction of sp³-hybridized carbons (Fsp3) is 0.138. The van der Waals surface area contributed by atoms with E-state index in [-0.39, 0.29) is 0 Å². The molecule has 3 atom stereocenters. The highest BCUT2D eigenvalue weighted by Gasteiger charge is 2.54. The molecule has 7 nitrogen and oxygen atoms in total. The number of ketones is 1. The van der Waals surface area contributed by atoms with E-state index in [1.165, 1.54) is 0 Å². The van der Waals surface area contributed by atoms with Crippen LogP contribution in [0.1, 0.15) is 23.3 Å². The number of nitrogens with zero attached hydrogens (tertiary/aromatic N) is 3. The third-order valence-electron chi connectivity index (χ3n) is 6.51. The Morgan fingerprint density at radius 2 is 1.59 bits per heavy atom. The second-order valence-corrected chi connectivity index (χ2v) is 9.50. The molecule has 0 N–H and O–H groups in total. The van der Waals surface area contributed by atoms with Gasteiger partial charge in [-0.3, -0.25) is 9.63 Å². The number of para-hydroxylation sites is 1. The molecule has 5 rings (SSSR count). The van der Waals surface area contributed by atoms with Gasteiger partial charge in [-0.15, -0.1) is 0 Å². The number of methoxy groups -OCH3 is 1. The Hall–Kier alpha value is -4.10. The van der Waals surface area contributed by atoms with Gasteiger partial charge in [0.25, 0.3) is 5.78 Å². The number of carbonyl (C=O) groups excluding carboxylic acids is 2. The Kier molecular flexibility index (Phi) is 6.97. The number of fused-ring (bicyclic) bond motifs is 1. The molecule has 0 radical (unpaired) electrons. The molecule has 4 aromatic rings. The van der Waals surface area contributed by atoms with Crippen LogP contribution in [-0.4, -0.2) is 29.4 Å². The van der Waals surface area contributed by atoms with Crippen molar-refractivity contribution in [2.45, 2.75) is 12.1 Å². The van der Waals surface area contributed by atoms with E-state index in [9.17, 15) is 15.1 Å². The second kappa shape index (κ2) is 10.5. The van der Waals surface area contributed by atoms with Crippen LogP contribution in [0.3, 0.4) is 0 Å². The van der Waals surface area contributed by atoms with Crippen molar-refractivity contribution in [2.24, 2.45) is 5.92 Å². The molecule has 1 aliphatic heterocycles. The lowest BCUT2D eigenvalue weighted by Crippen LogP contribution is -2.37. The van der Waals surface area contributed by atoms with Gasteiger partial charge in [0.05, 0.1) is 24.8 Å². The number of rotatable bonds is 6. The van der Waals surface area contributed by atoms with Gasteiger partial charge in [-0.05, 0) is 46.2 Å². The van der Waals surface area contributed by atoms with Crippen LogP contribution in [-0.2, 0) is 19.2 Å². The Bertz CT molecular complexity index is 1510. The minimum atomic E-state index is -1.02. The molecule has 0 spiro atoms. The van der Waals surface area contributed by atoms with Gasteiger partial charge in [0.2, 0.25) is 0 Å². The zero-order valence-electron chi connectivity index (χ0n) is 19.8. The number of hydrogen-bond acceptors (Lipinski definition) is 5. The highest BCUT2D eigenvalue weighted by atomic mass is 79.9. The first-order valence-electron chi connectivity index (χ1n) is 11.6. The molecule has 0 saturated carbocycles. The second-order valence-electron chi connectivity index (χ2n) is 8.58. The zero-order chi connectivity index (χ0) is 25.9. The maximum Gasteiger partial charge on any atom is 0.441 e. The minimum absolute atomic E-state index is 0.656. The SMILES string of the molecule is COC(=O)C(=[N+]=[N-])C(=O)[C@@H]1[C@@H](c2ccc(Br)cc2)ON(c2ccccc2)[C@H]1c1cccc2ccccc12. The number of benzene rings is 4. The lowest BCUT2D eigenvalue weighted by Gasteiger charge is -2.27. The first-order chi connectivity index (χ1) is 18.0. The Morgan fingerprint density at radius 3 is 2.30 bits per heavy atom. The van der Waals surface area contributed by atoms with Crippen molar-refractivity contribution >= 4 is 49.9 Å². The molecule has 0 unspecified atom stereocenters. The summed E-state index contributed by atoms with van der Waals surface area (Å²) in [7, 11) is 1.14. The summed E-state index contributed by atoms with van der Waals surface area (Å²) in [5.74, 6) is -2.65. The summed E-state index contributed by atoms with van der Waals surface area (Å²) in [6.45, 7) is 0. The van der Waals surface area contributed by atoms with Crippen LogP contribution in [0.15, 0.2) is 102 Å². The van der Waals surface area contributed by atoms with Crippen LogP contribution in [0.2, 0.25) is 0 Å². The van der Waals surface area contributed by atoms with E-state index in [4.69, 9.17) is 9.57 Å². The largest absolute Gasteiger partial charge is 0.460 e. The van der Waals surface area contributed by atoms with Crippen molar-refractivity contribution in [1.82, 2.24) is 0 Å². The molecule has 37 heavy (non-hydrogen) atoms. The summed E-state index contributed by atoms with van der Waals surface area (Å²) in [4.78, 5) is 36.0. The predicted octanol–water partition coefficient (Wildman–Crippen LogP) is 5.87. The van der Waals surface area contributed by atoms with Crippen molar-refractivity contribution in [2.75, 3.05) is 12.2 Å². The standard InChI is InChI=1S/C29H22BrN3O4/c1-36-29(35)25(32-31)27(34)24-26(23-13-7-9-18-8-5-6-12-22(18)23)33(21-10-3-2-4-11-21)37-28(24)19-14-16-20(30)17-15-19/h2-17,24,26,28H,1H3/t24-,26+,28-/m1/s1. The topological polar surface area (TPSA) is 92.2 Å². The van der Waals surface area contributed by atoms with Crippen molar-refractivity contribution in [1.29, 1.82) is 0 Å². The number of hydroxylamine groups is 1. The molecule has 1 aliphatic rings. The molecular weight excluding hydrogens is 534 g/mol. The minimum Gasteiger partial charge on any atom is -0.460 e. The van der Waals surface area contributed by atoms with Gasteiger partial charge in [-0.2, -0.15) is 4.79 Å². The average molecular weight is 556 g/mol. The summed E-state index contributed by atoms with van der Waals surface area (Å²) in [6, 6.07) is 30.0. The van der Waals surface area contributed by atoms with E-state index >= 15 is 0 Å². The predicted molar refractivity (Wildman–Crippen MR) is 143 cm³/mol. The van der Waals surface area contributed by atoms with E-state index in [0.717, 1.165) is 39.2 Å². The Morgan fingerprint density at radius 1 is 0.919 bits per heavy atom. The first-order valence-corrected chi connectivity index (χ1v) is 12.4. The smallest absolute Gasteiger partial charge is 0.441 e. The molecule has 0 aliphatic carbocycles. The van der Waals surface area contributed by atoms with Gasteiger partial charge in [0.15, 0.2) is 0 Å². The summed E-state index contributed by atoms with van der Waals surface area (Å²) >= 11 is 3.45. The van der Waals surface area contributed by atoms with Gasteiger partial charge in [-0.25, -0.2) is 9.86 Å². The number of Topliss-reactive ketones (excluding diaryl/α,β-unsaturated/α-hetero) is 1. The summed E-state index contributed by atoms with van der Waals surface area (Å²) in [6.07, 6.45) is -0.786. The maximum absolute atomic E-state index is 14.0. The van der Waals surface area contributed by atoms with Crippen LogP contribution >= 0.6 is 15.9 Å². The Balaban J connectivity index is 1.76. The highest BCUT2D eigenvalue weighted by molar-refractivity contribution is 9.10. The Labute approximate surface area is 221 Å². The molecular formula is C29H22BrN3O4. The molecule has 0 aromatic heterocycles. The zero-order valence-corrected chi connectivity index (χ0v) is 21.4. The van der Waals surface area contributed by atoms with Crippen molar-refractivity contribution in [3.8, 4) is 0 Å². The van der Waals surface area contributed by atoms with Gasteiger partial charge in [-0.1, -0.05) is 88.7 Å². The van der Waals surface area contributed by atoms with Crippen molar-refractivity contribution in [3.05, 3.63) is 118 Å². The molecule has 1 fully saturated rings. The normalized spacial score (nSPS) is 18.9. The van der Waals surface area contributed by atoms with Gasteiger partial charge >= 0.3 is 11.7 Å². The average Bonchev–Trinajstić information content (AvgIpc) is 3.34. The van der Waals surface area contributed by atoms with Crippen molar-refractivity contribution in [3.63, 3.8) is 0 Å². The van der Waals surface area contributed by atoms with Crippen LogP contribution in [0.25, 0.3) is 16.3 Å². The molecule has 8 heteroatoms. The van der Waals surface area contributed by atoms with E-state index in [1.54, 1.807) is 5.06 Å². The molecule has 1 heterocycles. The van der Waals surface area contributed by atoms with E-state index in [1.807, 2.05) is 97.1 Å². The number of ether oxygens (including phenoxy) is 1. The molecule has 1 saturated heterocycles. The summed E-state index contributed by atoms with van der Waals surface area (Å²) < 4.78 is 5.62. The van der Waals surface area contributed by atoms with Crippen LogP contribution in [0, 0.1) is 5.92 Å². The summed E-state index contributed by atoms with van der Waals surface area (Å²) in [5.41, 5.74) is 11.3.